The molecule has 0 bridgehead atoms. The van der Waals surface area contributed by atoms with Crippen molar-refractivity contribution in [1.82, 2.24) is 5.32 Å². The molecule has 3 rings (SSSR count). The molecular formula is C24H25BrN2O4S. The number of sulfonamides is 1. The standard InChI is InChI=1S/C24H25BrN2O4S/c1-16-7-9-21(10-8-16)27-32(29,30)22-11-12-23(17(2)13-22)31-15-24(28)26-18(3)19-5-4-6-20(25)14-19/h4-14,18,27H,15H2,1-3H3,(H,26,28). The normalized spacial score (nSPS) is 12.1. The first-order valence-electron chi connectivity index (χ1n) is 10.0. The Morgan fingerprint density at radius 1 is 1.03 bits per heavy atom. The predicted octanol–water partition coefficient (Wildman–Crippen LogP) is 5.12. The van der Waals surface area contributed by atoms with Crippen LogP contribution in [0.1, 0.15) is 29.7 Å². The van der Waals surface area contributed by atoms with Crippen LogP contribution in [0.5, 0.6) is 5.75 Å². The molecule has 0 saturated heterocycles. The minimum atomic E-state index is -3.74. The fraction of sp³-hybridized carbons (Fsp3) is 0.208. The van der Waals surface area contributed by atoms with Crippen LogP contribution < -0.4 is 14.8 Å². The molecule has 0 saturated carbocycles. The van der Waals surface area contributed by atoms with Crippen molar-refractivity contribution in [2.45, 2.75) is 31.7 Å². The quantitative estimate of drug-likeness (QED) is 0.434. The van der Waals surface area contributed by atoms with E-state index in [9.17, 15) is 13.2 Å². The molecule has 2 N–H and O–H groups in total. The molecule has 0 fully saturated rings. The molecule has 8 heteroatoms. The Bertz CT molecular complexity index is 1210. The number of rotatable bonds is 8. The smallest absolute Gasteiger partial charge is 0.261 e. The minimum Gasteiger partial charge on any atom is -0.484 e. The van der Waals surface area contributed by atoms with E-state index in [1.54, 1.807) is 25.1 Å². The van der Waals surface area contributed by atoms with Crippen LogP contribution >= 0.6 is 15.9 Å². The fourth-order valence-electron chi connectivity index (χ4n) is 3.07. The molecule has 0 aliphatic rings. The predicted molar refractivity (Wildman–Crippen MR) is 129 cm³/mol. The van der Waals surface area contributed by atoms with Gasteiger partial charge in [0.15, 0.2) is 6.61 Å². The zero-order valence-electron chi connectivity index (χ0n) is 18.1. The number of aryl methyl sites for hydroxylation is 2. The molecule has 0 heterocycles. The van der Waals surface area contributed by atoms with E-state index >= 15 is 0 Å². The van der Waals surface area contributed by atoms with Gasteiger partial charge in [-0.1, -0.05) is 45.8 Å². The third kappa shape index (κ3) is 6.34. The van der Waals surface area contributed by atoms with E-state index in [2.05, 4.69) is 26.0 Å². The summed E-state index contributed by atoms with van der Waals surface area (Å²) in [6.45, 7) is 5.39. The Balaban J connectivity index is 1.61. The maximum absolute atomic E-state index is 12.7. The van der Waals surface area contributed by atoms with E-state index in [1.165, 1.54) is 12.1 Å². The Morgan fingerprint density at radius 2 is 1.75 bits per heavy atom. The monoisotopic (exact) mass is 516 g/mol. The Morgan fingerprint density at radius 3 is 2.41 bits per heavy atom. The Labute approximate surface area is 197 Å². The summed E-state index contributed by atoms with van der Waals surface area (Å²) in [5, 5.41) is 2.89. The molecule has 3 aromatic rings. The second-order valence-electron chi connectivity index (χ2n) is 7.53. The number of carbonyl (C=O) groups is 1. The molecule has 0 aliphatic carbocycles. The number of benzene rings is 3. The van der Waals surface area contributed by atoms with Crippen LogP contribution in [0.4, 0.5) is 5.69 Å². The third-order valence-electron chi connectivity index (χ3n) is 4.85. The highest BCUT2D eigenvalue weighted by molar-refractivity contribution is 9.10. The van der Waals surface area contributed by atoms with E-state index < -0.39 is 10.0 Å². The summed E-state index contributed by atoms with van der Waals surface area (Å²) in [7, 11) is -3.74. The number of hydrogen-bond acceptors (Lipinski definition) is 4. The van der Waals surface area contributed by atoms with Gasteiger partial charge in [-0.05, 0) is 74.4 Å². The zero-order valence-corrected chi connectivity index (χ0v) is 20.5. The van der Waals surface area contributed by atoms with E-state index in [-0.39, 0.29) is 23.5 Å². The van der Waals surface area contributed by atoms with Crippen LogP contribution in [0, 0.1) is 13.8 Å². The average molecular weight is 517 g/mol. The summed E-state index contributed by atoms with van der Waals surface area (Å²) in [5.41, 5.74) is 3.12. The van der Waals surface area contributed by atoms with Crippen molar-refractivity contribution in [3.05, 3.63) is 87.9 Å². The molecule has 3 aromatic carbocycles. The first kappa shape index (κ1) is 23.8. The lowest BCUT2D eigenvalue weighted by Crippen LogP contribution is -2.31. The number of hydrogen-bond donors (Lipinski definition) is 2. The van der Waals surface area contributed by atoms with Crippen molar-refractivity contribution in [2.24, 2.45) is 0 Å². The van der Waals surface area contributed by atoms with Gasteiger partial charge < -0.3 is 10.1 Å². The van der Waals surface area contributed by atoms with E-state index in [1.807, 2.05) is 50.2 Å². The van der Waals surface area contributed by atoms with Crippen molar-refractivity contribution >= 4 is 37.5 Å². The van der Waals surface area contributed by atoms with Gasteiger partial charge in [0.2, 0.25) is 0 Å². The van der Waals surface area contributed by atoms with Crippen LogP contribution in [-0.4, -0.2) is 20.9 Å². The van der Waals surface area contributed by atoms with Crippen molar-refractivity contribution in [3.63, 3.8) is 0 Å². The molecule has 0 spiro atoms. The topological polar surface area (TPSA) is 84.5 Å². The molecular weight excluding hydrogens is 492 g/mol. The Hall–Kier alpha value is -2.84. The van der Waals surface area contributed by atoms with Crippen molar-refractivity contribution in [2.75, 3.05) is 11.3 Å². The van der Waals surface area contributed by atoms with Gasteiger partial charge in [-0.25, -0.2) is 8.42 Å². The lowest BCUT2D eigenvalue weighted by Gasteiger charge is -2.16. The highest BCUT2D eigenvalue weighted by Gasteiger charge is 2.17. The molecule has 32 heavy (non-hydrogen) atoms. The molecule has 0 radical (unpaired) electrons. The fourth-order valence-corrected chi connectivity index (χ4v) is 4.63. The second-order valence-corrected chi connectivity index (χ2v) is 10.1. The largest absolute Gasteiger partial charge is 0.484 e. The van der Waals surface area contributed by atoms with Gasteiger partial charge in [0.1, 0.15) is 5.75 Å². The van der Waals surface area contributed by atoms with E-state index in [0.29, 0.717) is 17.0 Å². The average Bonchev–Trinajstić information content (AvgIpc) is 2.74. The summed E-state index contributed by atoms with van der Waals surface area (Å²) < 4.78 is 34.5. The van der Waals surface area contributed by atoms with Crippen LogP contribution in [0.15, 0.2) is 76.1 Å². The summed E-state index contributed by atoms with van der Waals surface area (Å²) >= 11 is 3.42. The van der Waals surface area contributed by atoms with Gasteiger partial charge in [-0.15, -0.1) is 0 Å². The SMILES string of the molecule is Cc1ccc(NS(=O)(=O)c2ccc(OCC(=O)NC(C)c3cccc(Br)c3)c(C)c2)cc1. The molecule has 1 atom stereocenters. The molecule has 0 aromatic heterocycles. The summed E-state index contributed by atoms with van der Waals surface area (Å²) in [4.78, 5) is 12.4. The lowest BCUT2D eigenvalue weighted by molar-refractivity contribution is -0.123. The minimum absolute atomic E-state index is 0.121. The molecule has 1 amide bonds. The maximum Gasteiger partial charge on any atom is 0.261 e. The summed E-state index contributed by atoms with van der Waals surface area (Å²) in [6.07, 6.45) is 0. The maximum atomic E-state index is 12.7. The van der Waals surface area contributed by atoms with Crippen LogP contribution in [0.3, 0.4) is 0 Å². The third-order valence-corrected chi connectivity index (χ3v) is 6.72. The van der Waals surface area contributed by atoms with Gasteiger partial charge in [-0.2, -0.15) is 0 Å². The van der Waals surface area contributed by atoms with Gasteiger partial charge >= 0.3 is 0 Å². The molecule has 0 aliphatic heterocycles. The first-order valence-corrected chi connectivity index (χ1v) is 12.3. The van der Waals surface area contributed by atoms with E-state index in [0.717, 1.165) is 15.6 Å². The van der Waals surface area contributed by atoms with Gasteiger partial charge in [-0.3, -0.25) is 9.52 Å². The van der Waals surface area contributed by atoms with Gasteiger partial charge in [0, 0.05) is 10.2 Å². The number of amides is 1. The second kappa shape index (κ2) is 10.2. The highest BCUT2D eigenvalue weighted by Crippen LogP contribution is 2.24. The van der Waals surface area contributed by atoms with Gasteiger partial charge in [0.05, 0.1) is 10.9 Å². The number of anilines is 1. The van der Waals surface area contributed by atoms with Crippen molar-refractivity contribution in [3.8, 4) is 5.75 Å². The number of halogens is 1. The number of ether oxygens (including phenoxy) is 1. The van der Waals surface area contributed by atoms with Crippen LogP contribution in [0.25, 0.3) is 0 Å². The lowest BCUT2D eigenvalue weighted by atomic mass is 10.1. The number of carbonyl (C=O) groups excluding carboxylic acids is 1. The first-order chi connectivity index (χ1) is 15.1. The molecule has 6 nitrogen and oxygen atoms in total. The van der Waals surface area contributed by atoms with Crippen LogP contribution in [0.2, 0.25) is 0 Å². The summed E-state index contributed by atoms with van der Waals surface area (Å²) in [5.74, 6) is 0.180. The zero-order chi connectivity index (χ0) is 23.3. The number of nitrogens with one attached hydrogen (secondary N) is 2. The molecule has 168 valence electrons. The Kier molecular flexibility index (Phi) is 7.58. The highest BCUT2D eigenvalue weighted by atomic mass is 79.9. The van der Waals surface area contributed by atoms with E-state index in [4.69, 9.17) is 4.74 Å². The van der Waals surface area contributed by atoms with Crippen molar-refractivity contribution in [1.29, 1.82) is 0 Å². The molecule has 1 unspecified atom stereocenters. The van der Waals surface area contributed by atoms with Crippen molar-refractivity contribution < 1.29 is 17.9 Å². The van der Waals surface area contributed by atoms with Crippen LogP contribution in [-0.2, 0) is 14.8 Å². The summed E-state index contributed by atoms with van der Waals surface area (Å²) in [6, 6.07) is 19.2. The van der Waals surface area contributed by atoms with Gasteiger partial charge in [0.25, 0.3) is 15.9 Å².